The fourth-order valence-corrected chi connectivity index (χ4v) is 5.05. The highest BCUT2D eigenvalue weighted by Gasteiger charge is 2.25. The summed E-state index contributed by atoms with van der Waals surface area (Å²) in [5, 5.41) is 3.67. The molecule has 3 aromatic rings. The summed E-state index contributed by atoms with van der Waals surface area (Å²) in [5.74, 6) is 0.668. The van der Waals surface area contributed by atoms with Crippen molar-refractivity contribution in [1.29, 1.82) is 0 Å². The number of nitrogens with one attached hydrogen (secondary N) is 1. The molecular weight excluding hydrogens is 427 g/mol. The third kappa shape index (κ3) is 4.83. The van der Waals surface area contributed by atoms with Crippen LogP contribution < -0.4 is 14.8 Å². The van der Waals surface area contributed by atoms with Gasteiger partial charge in [-0.3, -0.25) is 4.79 Å². The number of fused-ring (bicyclic) bond motifs is 1. The molecule has 1 aliphatic rings. The number of hydrogen-bond donors (Lipinski definition) is 1. The maximum atomic E-state index is 13.4. The monoisotopic (exact) mass is 452 g/mol. The summed E-state index contributed by atoms with van der Waals surface area (Å²) in [6.07, 6.45) is 6.82. The SMILES string of the molecule is COc1ccc(NC(=O)c2c(/N=C/c3ccc(F)cc3)sc3c2CCCCC3)c(OC)c1. The molecule has 1 heterocycles. The topological polar surface area (TPSA) is 59.9 Å². The van der Waals surface area contributed by atoms with Crippen LogP contribution in [0.3, 0.4) is 0 Å². The Labute approximate surface area is 190 Å². The molecule has 0 spiro atoms. The molecule has 0 atom stereocenters. The first kappa shape index (κ1) is 22.0. The number of hydrogen-bond acceptors (Lipinski definition) is 5. The van der Waals surface area contributed by atoms with Crippen LogP contribution >= 0.6 is 11.3 Å². The van der Waals surface area contributed by atoms with Gasteiger partial charge in [0.05, 0.1) is 25.5 Å². The molecule has 0 radical (unpaired) electrons. The summed E-state index contributed by atoms with van der Waals surface area (Å²) in [6, 6.07) is 11.4. The number of carbonyl (C=O) groups is 1. The molecule has 0 saturated heterocycles. The van der Waals surface area contributed by atoms with Gasteiger partial charge in [-0.05, 0) is 61.1 Å². The molecule has 1 N–H and O–H groups in total. The minimum Gasteiger partial charge on any atom is -0.497 e. The van der Waals surface area contributed by atoms with Crippen LogP contribution in [-0.4, -0.2) is 26.3 Å². The number of aliphatic imine (C=N–C) groups is 1. The Morgan fingerprint density at radius 1 is 1.06 bits per heavy atom. The molecule has 32 heavy (non-hydrogen) atoms. The average Bonchev–Trinajstić information content (AvgIpc) is 3.00. The lowest BCUT2D eigenvalue weighted by Gasteiger charge is -2.12. The lowest BCUT2D eigenvalue weighted by atomic mass is 10.0. The van der Waals surface area contributed by atoms with Gasteiger partial charge in [0.25, 0.3) is 5.91 Å². The zero-order valence-corrected chi connectivity index (χ0v) is 18.9. The zero-order valence-electron chi connectivity index (χ0n) is 18.1. The molecule has 5 nitrogen and oxygen atoms in total. The van der Waals surface area contributed by atoms with E-state index in [4.69, 9.17) is 9.47 Å². The fraction of sp³-hybridized carbons (Fsp3) is 0.280. The Hall–Kier alpha value is -3.19. The standard InChI is InChI=1S/C25H25FN2O3S/c1-30-18-12-13-20(21(14-18)31-2)28-24(29)23-19-6-4-3-5-7-22(19)32-25(23)27-15-16-8-10-17(26)11-9-16/h8-15H,3-7H2,1-2H3,(H,28,29)/b27-15+. The molecule has 0 fully saturated rings. The summed E-state index contributed by atoms with van der Waals surface area (Å²) < 4.78 is 23.9. The van der Waals surface area contributed by atoms with E-state index in [9.17, 15) is 9.18 Å². The number of nitrogens with zero attached hydrogens (tertiary/aromatic N) is 1. The Morgan fingerprint density at radius 3 is 2.59 bits per heavy atom. The molecule has 0 aliphatic heterocycles. The Kier molecular flexibility index (Phi) is 6.85. The van der Waals surface area contributed by atoms with E-state index in [1.54, 1.807) is 62.1 Å². The van der Waals surface area contributed by atoms with Gasteiger partial charge in [0.15, 0.2) is 0 Å². The maximum Gasteiger partial charge on any atom is 0.259 e. The van der Waals surface area contributed by atoms with Gasteiger partial charge in [-0.15, -0.1) is 11.3 Å². The van der Waals surface area contributed by atoms with Crippen molar-refractivity contribution in [3.63, 3.8) is 0 Å². The van der Waals surface area contributed by atoms with E-state index >= 15 is 0 Å². The molecule has 7 heteroatoms. The lowest BCUT2D eigenvalue weighted by Crippen LogP contribution is -2.14. The van der Waals surface area contributed by atoms with Crippen LogP contribution in [0.25, 0.3) is 0 Å². The van der Waals surface area contributed by atoms with Gasteiger partial charge in [0.1, 0.15) is 22.3 Å². The second-order valence-electron chi connectivity index (χ2n) is 7.57. The van der Waals surface area contributed by atoms with Crippen molar-refractivity contribution in [1.82, 2.24) is 0 Å². The van der Waals surface area contributed by atoms with Crippen molar-refractivity contribution >= 4 is 34.1 Å². The van der Waals surface area contributed by atoms with Gasteiger partial charge in [-0.25, -0.2) is 9.38 Å². The normalized spacial score (nSPS) is 13.5. The number of aryl methyl sites for hydroxylation is 1. The minimum absolute atomic E-state index is 0.209. The van der Waals surface area contributed by atoms with Crippen LogP contribution in [0.15, 0.2) is 47.5 Å². The number of carbonyl (C=O) groups excluding carboxylic acids is 1. The van der Waals surface area contributed by atoms with Crippen molar-refractivity contribution in [2.75, 3.05) is 19.5 Å². The smallest absolute Gasteiger partial charge is 0.259 e. The van der Waals surface area contributed by atoms with Crippen molar-refractivity contribution in [3.05, 3.63) is 69.8 Å². The van der Waals surface area contributed by atoms with Gasteiger partial charge < -0.3 is 14.8 Å². The zero-order chi connectivity index (χ0) is 22.5. The summed E-state index contributed by atoms with van der Waals surface area (Å²) in [4.78, 5) is 19.3. The number of halogens is 1. The molecule has 166 valence electrons. The highest BCUT2D eigenvalue weighted by Crippen LogP contribution is 2.40. The van der Waals surface area contributed by atoms with Crippen LogP contribution in [0.2, 0.25) is 0 Å². The highest BCUT2D eigenvalue weighted by atomic mass is 32.1. The summed E-state index contributed by atoms with van der Waals surface area (Å²) in [7, 11) is 3.14. The third-order valence-corrected chi connectivity index (χ3v) is 6.69. The van der Waals surface area contributed by atoms with E-state index in [0.717, 1.165) is 43.2 Å². The quantitative estimate of drug-likeness (QED) is 0.359. The first-order valence-corrected chi connectivity index (χ1v) is 11.4. The van der Waals surface area contributed by atoms with Crippen LogP contribution in [0.1, 0.15) is 45.6 Å². The highest BCUT2D eigenvalue weighted by molar-refractivity contribution is 7.16. The van der Waals surface area contributed by atoms with Gasteiger partial charge in [0, 0.05) is 17.2 Å². The number of amides is 1. The Morgan fingerprint density at radius 2 is 1.84 bits per heavy atom. The number of ether oxygens (including phenoxy) is 2. The van der Waals surface area contributed by atoms with E-state index in [1.807, 2.05) is 0 Å². The molecule has 1 aromatic heterocycles. The molecule has 1 aliphatic carbocycles. The molecule has 2 aromatic carbocycles. The van der Waals surface area contributed by atoms with Gasteiger partial charge in [0.2, 0.25) is 0 Å². The minimum atomic E-state index is -0.293. The van der Waals surface area contributed by atoms with Crippen LogP contribution in [0, 0.1) is 5.82 Å². The Balaban J connectivity index is 1.69. The molecule has 0 bridgehead atoms. The summed E-state index contributed by atoms with van der Waals surface area (Å²) >= 11 is 1.57. The van der Waals surface area contributed by atoms with Gasteiger partial charge in [-0.2, -0.15) is 0 Å². The Bertz CT molecular complexity index is 1140. The number of methoxy groups -OCH3 is 2. The molecule has 0 unspecified atom stereocenters. The van der Waals surface area contributed by atoms with Crippen LogP contribution in [0.5, 0.6) is 11.5 Å². The number of benzene rings is 2. The molecule has 4 rings (SSSR count). The first-order valence-electron chi connectivity index (χ1n) is 10.6. The second kappa shape index (κ2) is 9.96. The summed E-state index contributed by atoms with van der Waals surface area (Å²) in [6.45, 7) is 0. The van der Waals surface area contributed by atoms with E-state index in [-0.39, 0.29) is 11.7 Å². The maximum absolute atomic E-state index is 13.4. The number of thiophene rings is 1. The first-order chi connectivity index (χ1) is 15.6. The van der Waals surface area contributed by atoms with Gasteiger partial charge >= 0.3 is 0 Å². The predicted molar refractivity (Wildman–Crippen MR) is 127 cm³/mol. The van der Waals surface area contributed by atoms with E-state index in [0.29, 0.717) is 27.8 Å². The lowest BCUT2D eigenvalue weighted by molar-refractivity contribution is 0.102. The van der Waals surface area contributed by atoms with E-state index < -0.39 is 0 Å². The fourth-order valence-electron chi connectivity index (χ4n) is 3.82. The van der Waals surface area contributed by atoms with Crippen molar-refractivity contribution in [3.8, 4) is 11.5 Å². The van der Waals surface area contributed by atoms with Crippen molar-refractivity contribution < 1.29 is 18.7 Å². The second-order valence-corrected chi connectivity index (χ2v) is 8.66. The largest absolute Gasteiger partial charge is 0.497 e. The van der Waals surface area contributed by atoms with Crippen LogP contribution in [-0.2, 0) is 12.8 Å². The molecule has 1 amide bonds. The van der Waals surface area contributed by atoms with E-state index in [1.165, 1.54) is 17.0 Å². The van der Waals surface area contributed by atoms with E-state index in [2.05, 4.69) is 10.3 Å². The third-order valence-electron chi connectivity index (χ3n) is 5.49. The molecular formula is C25H25FN2O3S. The average molecular weight is 453 g/mol. The predicted octanol–water partition coefficient (Wildman–Crippen LogP) is 6.18. The van der Waals surface area contributed by atoms with Crippen LogP contribution in [0.4, 0.5) is 15.1 Å². The molecule has 0 saturated carbocycles. The van der Waals surface area contributed by atoms with Crippen molar-refractivity contribution in [2.45, 2.75) is 32.1 Å². The summed E-state index contributed by atoms with van der Waals surface area (Å²) in [5.41, 5.74) is 3.05. The number of anilines is 1. The number of rotatable bonds is 6. The van der Waals surface area contributed by atoms with Gasteiger partial charge in [-0.1, -0.05) is 18.6 Å². The van der Waals surface area contributed by atoms with Crippen molar-refractivity contribution in [2.24, 2.45) is 4.99 Å².